The summed E-state index contributed by atoms with van der Waals surface area (Å²) < 4.78 is 12.9. The minimum Gasteiger partial charge on any atom is -0.381 e. The van der Waals surface area contributed by atoms with E-state index in [1.165, 1.54) is 24.3 Å². The molecule has 0 fully saturated rings. The van der Waals surface area contributed by atoms with Crippen molar-refractivity contribution in [3.63, 3.8) is 0 Å². The van der Waals surface area contributed by atoms with Gasteiger partial charge in [0.2, 0.25) is 0 Å². The molecule has 1 heterocycles. The number of hydrogen-bond donors (Lipinski definition) is 2. The number of carbonyl (C=O) groups excluding carboxylic acids is 1. The summed E-state index contributed by atoms with van der Waals surface area (Å²) in [7, 11) is 0. The van der Waals surface area contributed by atoms with Crippen molar-refractivity contribution in [3.05, 3.63) is 89.0 Å². The Morgan fingerprint density at radius 2 is 1.72 bits per heavy atom. The molecule has 0 saturated carbocycles. The third-order valence-corrected chi connectivity index (χ3v) is 3.76. The molecule has 0 aliphatic rings. The molecule has 0 atom stereocenters. The number of nitrogens with one attached hydrogen (secondary N) is 2. The van der Waals surface area contributed by atoms with Crippen LogP contribution in [0.4, 0.5) is 15.8 Å². The molecular weight excluding hydrogens is 341 g/mol. The Hall–Kier alpha value is -2.92. The zero-order chi connectivity index (χ0) is 17.6. The predicted molar refractivity (Wildman–Crippen MR) is 97.4 cm³/mol. The third-order valence-electron chi connectivity index (χ3n) is 3.50. The van der Waals surface area contributed by atoms with Gasteiger partial charge in [0.15, 0.2) is 0 Å². The fraction of sp³-hybridized carbons (Fsp3) is 0.0526. The van der Waals surface area contributed by atoms with Crippen molar-refractivity contribution in [2.45, 2.75) is 6.54 Å². The highest BCUT2D eigenvalue weighted by atomic mass is 35.5. The molecule has 126 valence electrons. The standard InChI is InChI=1S/C19H15ClFN3O/c20-14-3-1-13(2-4-14)12-23-17-9-10-22-18(11-17)19(25)24-16-7-5-15(21)6-8-16/h1-11H,12H2,(H,22,23)(H,24,25). The first-order valence-electron chi connectivity index (χ1n) is 7.61. The molecule has 1 amide bonds. The molecule has 0 saturated heterocycles. The van der Waals surface area contributed by atoms with Crippen LogP contribution in [0, 0.1) is 5.82 Å². The van der Waals surface area contributed by atoms with E-state index in [2.05, 4.69) is 15.6 Å². The molecule has 0 aliphatic carbocycles. The summed E-state index contributed by atoms with van der Waals surface area (Å²) in [4.78, 5) is 16.3. The number of amides is 1. The normalized spacial score (nSPS) is 10.3. The van der Waals surface area contributed by atoms with Crippen LogP contribution in [0.15, 0.2) is 66.9 Å². The molecule has 0 radical (unpaired) electrons. The summed E-state index contributed by atoms with van der Waals surface area (Å²) in [5.74, 6) is -0.716. The van der Waals surface area contributed by atoms with Gasteiger partial charge in [-0.2, -0.15) is 0 Å². The fourth-order valence-corrected chi connectivity index (χ4v) is 2.33. The highest BCUT2D eigenvalue weighted by Crippen LogP contribution is 2.14. The zero-order valence-electron chi connectivity index (χ0n) is 13.2. The minimum absolute atomic E-state index is 0.269. The SMILES string of the molecule is O=C(Nc1ccc(F)cc1)c1cc(NCc2ccc(Cl)cc2)ccn1. The van der Waals surface area contributed by atoms with Gasteiger partial charge in [-0.3, -0.25) is 9.78 Å². The highest BCUT2D eigenvalue weighted by Gasteiger charge is 2.08. The van der Waals surface area contributed by atoms with Crippen LogP contribution >= 0.6 is 11.6 Å². The number of carbonyl (C=O) groups is 1. The van der Waals surface area contributed by atoms with Crippen LogP contribution in [-0.2, 0) is 6.54 Å². The molecule has 0 spiro atoms. The van der Waals surface area contributed by atoms with Crippen LogP contribution in [-0.4, -0.2) is 10.9 Å². The van der Waals surface area contributed by atoms with Crippen molar-refractivity contribution in [1.29, 1.82) is 0 Å². The van der Waals surface area contributed by atoms with Gasteiger partial charge < -0.3 is 10.6 Å². The molecule has 2 N–H and O–H groups in total. The lowest BCUT2D eigenvalue weighted by Crippen LogP contribution is -2.14. The topological polar surface area (TPSA) is 54.0 Å². The summed E-state index contributed by atoms with van der Waals surface area (Å²) in [5.41, 5.74) is 2.62. The molecule has 1 aromatic heterocycles. The number of aromatic nitrogens is 1. The average molecular weight is 356 g/mol. The smallest absolute Gasteiger partial charge is 0.274 e. The second kappa shape index (κ2) is 7.77. The Morgan fingerprint density at radius 3 is 2.44 bits per heavy atom. The molecule has 0 unspecified atom stereocenters. The quantitative estimate of drug-likeness (QED) is 0.695. The van der Waals surface area contributed by atoms with Gasteiger partial charge in [0.1, 0.15) is 11.5 Å². The van der Waals surface area contributed by atoms with Gasteiger partial charge in [-0.25, -0.2) is 4.39 Å². The summed E-state index contributed by atoms with van der Waals surface area (Å²) in [5, 5.41) is 6.60. The highest BCUT2D eigenvalue weighted by molar-refractivity contribution is 6.30. The molecule has 3 aromatic rings. The van der Waals surface area contributed by atoms with E-state index in [1.54, 1.807) is 18.3 Å². The summed E-state index contributed by atoms with van der Waals surface area (Å²) >= 11 is 5.87. The van der Waals surface area contributed by atoms with E-state index < -0.39 is 0 Å². The summed E-state index contributed by atoms with van der Waals surface area (Å²) in [6.07, 6.45) is 1.56. The number of pyridine rings is 1. The van der Waals surface area contributed by atoms with Gasteiger partial charge in [0.05, 0.1) is 0 Å². The van der Waals surface area contributed by atoms with E-state index >= 15 is 0 Å². The summed E-state index contributed by atoms with van der Waals surface area (Å²) in [6.45, 7) is 0.597. The van der Waals surface area contributed by atoms with Crippen molar-refractivity contribution in [2.24, 2.45) is 0 Å². The van der Waals surface area contributed by atoms with Crippen molar-refractivity contribution in [1.82, 2.24) is 4.98 Å². The number of nitrogens with zero attached hydrogens (tertiary/aromatic N) is 1. The van der Waals surface area contributed by atoms with E-state index in [0.717, 1.165) is 11.3 Å². The second-order valence-electron chi connectivity index (χ2n) is 5.37. The molecule has 0 bridgehead atoms. The van der Waals surface area contributed by atoms with Gasteiger partial charge in [-0.15, -0.1) is 0 Å². The molecule has 2 aromatic carbocycles. The predicted octanol–water partition coefficient (Wildman–Crippen LogP) is 4.74. The number of benzene rings is 2. The molecule has 4 nitrogen and oxygen atoms in total. The van der Waals surface area contributed by atoms with Crippen LogP contribution in [0.25, 0.3) is 0 Å². The molecule has 25 heavy (non-hydrogen) atoms. The maximum Gasteiger partial charge on any atom is 0.274 e. The van der Waals surface area contributed by atoms with Crippen molar-refractivity contribution in [2.75, 3.05) is 10.6 Å². The molecular formula is C19H15ClFN3O. The Morgan fingerprint density at radius 1 is 1.00 bits per heavy atom. The second-order valence-corrected chi connectivity index (χ2v) is 5.81. The van der Waals surface area contributed by atoms with Crippen molar-refractivity contribution in [3.8, 4) is 0 Å². The maximum atomic E-state index is 12.9. The van der Waals surface area contributed by atoms with Gasteiger partial charge in [-0.05, 0) is 54.1 Å². The van der Waals surface area contributed by atoms with E-state index in [4.69, 9.17) is 11.6 Å². The summed E-state index contributed by atoms with van der Waals surface area (Å²) in [6, 6.07) is 16.5. The lowest BCUT2D eigenvalue weighted by atomic mass is 10.2. The monoisotopic (exact) mass is 355 g/mol. The third kappa shape index (κ3) is 4.78. The maximum absolute atomic E-state index is 12.9. The number of hydrogen-bond acceptors (Lipinski definition) is 3. The van der Waals surface area contributed by atoms with Gasteiger partial charge in [0, 0.05) is 29.1 Å². The van der Waals surface area contributed by atoms with E-state index in [9.17, 15) is 9.18 Å². The molecule has 3 rings (SSSR count). The lowest BCUT2D eigenvalue weighted by molar-refractivity contribution is 0.102. The van der Waals surface area contributed by atoms with Crippen LogP contribution in [0.5, 0.6) is 0 Å². The Balaban J connectivity index is 1.64. The number of rotatable bonds is 5. The number of halogens is 2. The Labute approximate surface area is 149 Å². The first-order chi connectivity index (χ1) is 12.1. The fourth-order valence-electron chi connectivity index (χ4n) is 2.20. The lowest BCUT2D eigenvalue weighted by Gasteiger charge is -2.09. The van der Waals surface area contributed by atoms with E-state index in [-0.39, 0.29) is 17.4 Å². The minimum atomic E-state index is -0.359. The van der Waals surface area contributed by atoms with Gasteiger partial charge in [-0.1, -0.05) is 23.7 Å². The van der Waals surface area contributed by atoms with Crippen LogP contribution in [0.1, 0.15) is 16.1 Å². The van der Waals surface area contributed by atoms with Crippen LogP contribution < -0.4 is 10.6 Å². The first-order valence-corrected chi connectivity index (χ1v) is 7.99. The molecule has 0 aliphatic heterocycles. The van der Waals surface area contributed by atoms with Gasteiger partial charge >= 0.3 is 0 Å². The van der Waals surface area contributed by atoms with Crippen molar-refractivity contribution >= 4 is 28.9 Å². The zero-order valence-corrected chi connectivity index (χ0v) is 13.9. The van der Waals surface area contributed by atoms with Gasteiger partial charge in [0.25, 0.3) is 5.91 Å². The Kier molecular flexibility index (Phi) is 5.26. The van der Waals surface area contributed by atoms with Crippen LogP contribution in [0.3, 0.4) is 0 Å². The van der Waals surface area contributed by atoms with E-state index in [0.29, 0.717) is 17.3 Å². The number of anilines is 2. The first kappa shape index (κ1) is 16.9. The molecule has 6 heteroatoms. The Bertz CT molecular complexity index is 867. The average Bonchev–Trinajstić information content (AvgIpc) is 2.63. The van der Waals surface area contributed by atoms with Crippen molar-refractivity contribution < 1.29 is 9.18 Å². The van der Waals surface area contributed by atoms with E-state index in [1.807, 2.05) is 24.3 Å². The van der Waals surface area contributed by atoms with Crippen LogP contribution in [0.2, 0.25) is 5.02 Å². The largest absolute Gasteiger partial charge is 0.381 e.